The van der Waals surface area contributed by atoms with Crippen LogP contribution in [0.4, 0.5) is 10.5 Å². The highest BCUT2D eigenvalue weighted by Gasteiger charge is 2.50. The zero-order valence-electron chi connectivity index (χ0n) is 14.1. The second kappa shape index (κ2) is 6.10. The zero-order valence-corrected chi connectivity index (χ0v) is 14.1. The van der Waals surface area contributed by atoms with E-state index in [-0.39, 0.29) is 6.04 Å². The first kappa shape index (κ1) is 16.0. The van der Waals surface area contributed by atoms with E-state index in [2.05, 4.69) is 10.3 Å². The van der Waals surface area contributed by atoms with Crippen molar-refractivity contribution in [3.05, 3.63) is 29.8 Å². The normalized spacial score (nSPS) is 31.9. The van der Waals surface area contributed by atoms with Gasteiger partial charge in [-0.1, -0.05) is 24.1 Å². The summed E-state index contributed by atoms with van der Waals surface area (Å²) >= 11 is 0. The van der Waals surface area contributed by atoms with Crippen molar-refractivity contribution in [2.45, 2.75) is 38.6 Å². The summed E-state index contributed by atoms with van der Waals surface area (Å²) in [5.41, 5.74) is 1.79. The summed E-state index contributed by atoms with van der Waals surface area (Å²) < 4.78 is 0. The predicted octanol–water partition coefficient (Wildman–Crippen LogP) is 2.58. The predicted molar refractivity (Wildman–Crippen MR) is 92.4 cm³/mol. The molecule has 130 valence electrons. The summed E-state index contributed by atoms with van der Waals surface area (Å²) in [6, 6.07) is 6.84. The van der Waals surface area contributed by atoms with Gasteiger partial charge in [-0.05, 0) is 50.2 Å². The molecule has 6 heteroatoms. The first-order valence-corrected chi connectivity index (χ1v) is 8.81. The van der Waals surface area contributed by atoms with E-state index >= 15 is 0 Å². The Bertz CT molecular complexity index is 756. The molecule has 0 aromatic heterocycles. The van der Waals surface area contributed by atoms with Gasteiger partial charge in [-0.3, -0.25) is 24.8 Å². The van der Waals surface area contributed by atoms with Crippen molar-refractivity contribution in [3.8, 4) is 0 Å². The number of rotatable bonds is 3. The lowest BCUT2D eigenvalue weighted by molar-refractivity contribution is -0.141. The molecule has 3 aliphatic rings. The fourth-order valence-electron chi connectivity index (χ4n) is 4.37. The van der Waals surface area contributed by atoms with Gasteiger partial charge in [-0.15, -0.1) is 0 Å². The molecule has 4 amide bonds. The van der Waals surface area contributed by atoms with Crippen LogP contribution in [0.15, 0.2) is 29.3 Å². The Balaban J connectivity index is 1.55. The van der Waals surface area contributed by atoms with E-state index in [4.69, 9.17) is 0 Å². The van der Waals surface area contributed by atoms with Crippen molar-refractivity contribution in [1.82, 2.24) is 10.2 Å². The monoisotopic (exact) mass is 339 g/mol. The van der Waals surface area contributed by atoms with Gasteiger partial charge in [0.05, 0.1) is 5.69 Å². The minimum Gasteiger partial charge on any atom is -0.277 e. The fraction of sp³-hybridized carbons (Fsp3) is 0.474. The molecule has 0 radical (unpaired) electrons. The quantitative estimate of drug-likeness (QED) is 0.679. The molecule has 4 atom stereocenters. The number of barbiturate groups is 1. The van der Waals surface area contributed by atoms with Crippen molar-refractivity contribution in [2.75, 3.05) is 0 Å². The van der Waals surface area contributed by atoms with Crippen LogP contribution >= 0.6 is 0 Å². The number of aryl methyl sites for hydroxylation is 1. The van der Waals surface area contributed by atoms with Gasteiger partial charge >= 0.3 is 6.03 Å². The zero-order chi connectivity index (χ0) is 17.6. The molecule has 2 bridgehead atoms. The second-order valence-electron chi connectivity index (χ2n) is 7.34. The van der Waals surface area contributed by atoms with E-state index in [0.29, 0.717) is 17.5 Å². The van der Waals surface area contributed by atoms with Gasteiger partial charge in [0, 0.05) is 12.3 Å². The van der Waals surface area contributed by atoms with Gasteiger partial charge in [0.2, 0.25) is 11.8 Å². The second-order valence-corrected chi connectivity index (χ2v) is 7.34. The Hall–Kier alpha value is -2.50. The molecule has 1 aromatic rings. The molecule has 0 unspecified atom stereocenters. The molecule has 1 heterocycles. The van der Waals surface area contributed by atoms with Gasteiger partial charge in [0.15, 0.2) is 5.92 Å². The number of nitrogens with zero attached hydrogens (tertiary/aromatic N) is 2. The van der Waals surface area contributed by atoms with Crippen molar-refractivity contribution in [2.24, 2.45) is 22.7 Å². The van der Waals surface area contributed by atoms with E-state index in [0.717, 1.165) is 24.8 Å². The molecular weight excluding hydrogens is 318 g/mol. The van der Waals surface area contributed by atoms with Crippen LogP contribution in [0.5, 0.6) is 0 Å². The topological polar surface area (TPSA) is 78.8 Å². The largest absolute Gasteiger partial charge is 0.331 e. The summed E-state index contributed by atoms with van der Waals surface area (Å²) in [5, 5.41) is 2.33. The molecule has 3 fully saturated rings. The molecule has 6 nitrogen and oxygen atoms in total. The van der Waals surface area contributed by atoms with Crippen LogP contribution in [-0.4, -0.2) is 35.0 Å². The van der Waals surface area contributed by atoms with Crippen LogP contribution in [0.25, 0.3) is 0 Å². The maximum Gasteiger partial charge on any atom is 0.331 e. The average Bonchev–Trinajstić information content (AvgIpc) is 3.19. The van der Waals surface area contributed by atoms with Crippen LogP contribution < -0.4 is 5.32 Å². The SMILES string of the molecule is Cc1ccc(N=C[C@H]2C(=O)NC(=O)N([C@@H]3C[C@H]4CC[C@H]3C4)C2=O)cc1. The number of imide groups is 2. The van der Waals surface area contributed by atoms with Crippen LogP contribution in [0, 0.1) is 24.7 Å². The fourth-order valence-corrected chi connectivity index (χ4v) is 4.37. The number of urea groups is 1. The first-order valence-electron chi connectivity index (χ1n) is 8.81. The lowest BCUT2D eigenvalue weighted by Gasteiger charge is -2.36. The average molecular weight is 339 g/mol. The molecule has 2 aliphatic carbocycles. The van der Waals surface area contributed by atoms with Crippen LogP contribution in [0.1, 0.15) is 31.2 Å². The van der Waals surface area contributed by atoms with Crippen molar-refractivity contribution in [3.63, 3.8) is 0 Å². The minimum atomic E-state index is -1.04. The Morgan fingerprint density at radius 1 is 1.12 bits per heavy atom. The molecular formula is C19H21N3O3. The number of carbonyl (C=O) groups is 3. The molecule has 4 rings (SSSR count). The van der Waals surface area contributed by atoms with Gasteiger partial charge in [0.1, 0.15) is 0 Å². The maximum absolute atomic E-state index is 12.8. The molecule has 0 spiro atoms. The summed E-state index contributed by atoms with van der Waals surface area (Å²) in [7, 11) is 0. The summed E-state index contributed by atoms with van der Waals surface area (Å²) in [4.78, 5) is 42.8. The summed E-state index contributed by atoms with van der Waals surface area (Å²) in [6.07, 6.45) is 5.54. The molecule has 1 aliphatic heterocycles. The Morgan fingerprint density at radius 3 is 2.52 bits per heavy atom. The van der Waals surface area contributed by atoms with Gasteiger partial charge in [0.25, 0.3) is 0 Å². The summed E-state index contributed by atoms with van der Waals surface area (Å²) in [6.45, 7) is 1.98. The smallest absolute Gasteiger partial charge is 0.277 e. The van der Waals surface area contributed by atoms with Crippen molar-refractivity contribution in [1.29, 1.82) is 0 Å². The Morgan fingerprint density at radius 2 is 1.88 bits per heavy atom. The molecule has 1 N–H and O–H groups in total. The highest BCUT2D eigenvalue weighted by molar-refractivity contribution is 6.23. The molecule has 2 saturated carbocycles. The van der Waals surface area contributed by atoms with Gasteiger partial charge < -0.3 is 0 Å². The van der Waals surface area contributed by atoms with E-state index in [1.54, 1.807) is 0 Å². The lowest BCUT2D eigenvalue weighted by Crippen LogP contribution is -2.62. The summed E-state index contributed by atoms with van der Waals surface area (Å²) in [5.74, 6) is -1.10. The van der Waals surface area contributed by atoms with Crippen molar-refractivity contribution >= 4 is 29.7 Å². The van der Waals surface area contributed by atoms with Gasteiger partial charge in [-0.2, -0.15) is 0 Å². The third-order valence-corrected chi connectivity index (χ3v) is 5.67. The number of nitrogens with one attached hydrogen (secondary N) is 1. The van der Waals surface area contributed by atoms with Crippen LogP contribution in [0.2, 0.25) is 0 Å². The van der Waals surface area contributed by atoms with Crippen molar-refractivity contribution < 1.29 is 14.4 Å². The van der Waals surface area contributed by atoms with Crippen LogP contribution in [-0.2, 0) is 9.59 Å². The third kappa shape index (κ3) is 2.86. The number of fused-ring (bicyclic) bond motifs is 2. The highest BCUT2D eigenvalue weighted by atomic mass is 16.2. The number of hydrogen-bond donors (Lipinski definition) is 1. The Labute approximate surface area is 146 Å². The third-order valence-electron chi connectivity index (χ3n) is 5.67. The number of aliphatic imine (C=N–C) groups is 1. The van der Waals surface area contributed by atoms with E-state index in [1.807, 2.05) is 31.2 Å². The number of benzene rings is 1. The lowest BCUT2D eigenvalue weighted by atomic mass is 9.92. The van der Waals surface area contributed by atoms with E-state index in [1.165, 1.54) is 17.5 Å². The van der Waals surface area contributed by atoms with E-state index in [9.17, 15) is 14.4 Å². The molecule has 1 aromatic carbocycles. The Kier molecular flexibility index (Phi) is 3.90. The number of hydrogen-bond acceptors (Lipinski definition) is 4. The maximum atomic E-state index is 12.8. The molecule has 25 heavy (non-hydrogen) atoms. The van der Waals surface area contributed by atoms with E-state index < -0.39 is 23.8 Å². The minimum absolute atomic E-state index is 0.0744. The highest BCUT2D eigenvalue weighted by Crippen LogP contribution is 2.47. The number of carbonyl (C=O) groups excluding carboxylic acids is 3. The first-order chi connectivity index (χ1) is 12.0. The number of amides is 4. The van der Waals surface area contributed by atoms with Gasteiger partial charge in [-0.25, -0.2) is 4.79 Å². The van der Waals surface area contributed by atoms with Crippen LogP contribution in [0.3, 0.4) is 0 Å². The standard InChI is InChI=1S/C19H21N3O3/c1-11-2-6-14(7-3-11)20-10-15-17(23)21-19(25)22(18(15)24)16-9-12-4-5-13(16)8-12/h2-3,6-7,10,12-13,15-16H,4-5,8-9H2,1H3,(H,21,23,25)/t12-,13-,15-,16+/m0/s1. The molecule has 1 saturated heterocycles.